The van der Waals surface area contributed by atoms with Crippen LogP contribution in [0.1, 0.15) is 19.4 Å². The molecule has 0 aliphatic carbocycles. The van der Waals surface area contributed by atoms with Gasteiger partial charge in [0.2, 0.25) is 5.91 Å². The third-order valence-corrected chi connectivity index (χ3v) is 3.95. The van der Waals surface area contributed by atoms with Crippen LogP contribution >= 0.6 is 11.8 Å². The second kappa shape index (κ2) is 5.73. The number of carbonyl (C=O) groups excluding carboxylic acids is 1. The van der Waals surface area contributed by atoms with Gasteiger partial charge >= 0.3 is 0 Å². The zero-order valence-electron chi connectivity index (χ0n) is 10.7. The smallest absolute Gasteiger partial charge is 0.237 e. The van der Waals surface area contributed by atoms with E-state index >= 15 is 0 Å². The molecule has 0 saturated carbocycles. The van der Waals surface area contributed by atoms with Crippen LogP contribution in [0.2, 0.25) is 0 Å². The van der Waals surface area contributed by atoms with E-state index in [0.29, 0.717) is 0 Å². The minimum Gasteiger partial charge on any atom is -0.327 e. The van der Waals surface area contributed by atoms with E-state index in [4.69, 9.17) is 5.73 Å². The number of carbonyl (C=O) groups is 1. The Balaban J connectivity index is 2.03. The highest BCUT2D eigenvalue weighted by atomic mass is 32.2. The van der Waals surface area contributed by atoms with Gasteiger partial charge in [0, 0.05) is 24.0 Å². The predicted molar refractivity (Wildman–Crippen MR) is 75.7 cm³/mol. The van der Waals surface area contributed by atoms with Crippen LogP contribution in [-0.2, 0) is 11.3 Å². The molecule has 5 heteroatoms. The van der Waals surface area contributed by atoms with Crippen LogP contribution in [-0.4, -0.2) is 23.7 Å². The van der Waals surface area contributed by atoms with Crippen molar-refractivity contribution < 1.29 is 4.79 Å². The van der Waals surface area contributed by atoms with E-state index in [9.17, 15) is 4.79 Å². The summed E-state index contributed by atoms with van der Waals surface area (Å²) < 4.78 is 0. The summed E-state index contributed by atoms with van der Waals surface area (Å²) in [6.07, 6.45) is 0. The van der Waals surface area contributed by atoms with Gasteiger partial charge < -0.3 is 16.4 Å². The molecule has 0 spiro atoms. The number of fused-ring (bicyclic) bond motifs is 1. The number of nitrogens with one attached hydrogen (secondary N) is 2. The van der Waals surface area contributed by atoms with E-state index in [2.05, 4.69) is 22.8 Å². The monoisotopic (exact) mass is 265 g/mol. The van der Waals surface area contributed by atoms with E-state index in [1.54, 1.807) is 11.8 Å². The molecule has 0 fully saturated rings. The number of anilines is 1. The lowest BCUT2D eigenvalue weighted by Crippen LogP contribution is -2.30. The first kappa shape index (κ1) is 13.4. The number of rotatable bonds is 4. The second-order valence-corrected chi connectivity index (χ2v) is 6.07. The highest BCUT2D eigenvalue weighted by Gasteiger charge is 2.22. The van der Waals surface area contributed by atoms with Crippen LogP contribution in [0.5, 0.6) is 0 Å². The average Bonchev–Trinajstić information content (AvgIpc) is 2.30. The molecule has 1 heterocycles. The molecule has 0 saturated heterocycles. The zero-order valence-corrected chi connectivity index (χ0v) is 11.5. The van der Waals surface area contributed by atoms with Crippen molar-refractivity contribution in [2.75, 3.05) is 11.9 Å². The summed E-state index contributed by atoms with van der Waals surface area (Å²) in [5.74, 6) is 0.0770. The number of benzene rings is 1. The Morgan fingerprint density at radius 2 is 2.33 bits per heavy atom. The Labute approximate surface area is 112 Å². The first-order valence-electron chi connectivity index (χ1n) is 6.13. The maximum Gasteiger partial charge on any atom is 0.237 e. The lowest BCUT2D eigenvalue weighted by molar-refractivity contribution is -0.115. The van der Waals surface area contributed by atoms with Crippen molar-refractivity contribution in [3.8, 4) is 0 Å². The third-order valence-electron chi connectivity index (χ3n) is 2.77. The number of nitrogens with two attached hydrogens (primary N) is 1. The van der Waals surface area contributed by atoms with Gasteiger partial charge in [0.05, 0.1) is 10.9 Å². The fourth-order valence-electron chi connectivity index (χ4n) is 1.81. The summed E-state index contributed by atoms with van der Waals surface area (Å²) in [4.78, 5) is 12.7. The minimum atomic E-state index is -0.0143. The molecule has 2 unspecified atom stereocenters. The van der Waals surface area contributed by atoms with Crippen LogP contribution in [0.25, 0.3) is 0 Å². The first-order chi connectivity index (χ1) is 8.56. The van der Waals surface area contributed by atoms with Crippen molar-refractivity contribution in [2.45, 2.75) is 36.6 Å². The van der Waals surface area contributed by atoms with Crippen molar-refractivity contribution in [1.82, 2.24) is 5.32 Å². The SMILES string of the molecule is CC(N)CNCc1ccc2c(c1)NC(=O)C(C)S2. The molecule has 18 heavy (non-hydrogen) atoms. The molecule has 1 aromatic rings. The number of hydrogen-bond donors (Lipinski definition) is 3. The molecule has 1 amide bonds. The highest BCUT2D eigenvalue weighted by Crippen LogP contribution is 2.35. The number of amides is 1. The Morgan fingerprint density at radius 3 is 3.06 bits per heavy atom. The van der Waals surface area contributed by atoms with Crippen LogP contribution in [0.4, 0.5) is 5.69 Å². The Morgan fingerprint density at radius 1 is 1.56 bits per heavy atom. The molecule has 1 aliphatic rings. The normalized spacial score (nSPS) is 20.2. The van der Waals surface area contributed by atoms with Crippen molar-refractivity contribution in [3.63, 3.8) is 0 Å². The van der Waals surface area contributed by atoms with Crippen LogP contribution in [0.3, 0.4) is 0 Å². The molecule has 98 valence electrons. The molecule has 2 rings (SSSR count). The lowest BCUT2D eigenvalue weighted by atomic mass is 10.2. The van der Waals surface area contributed by atoms with Gasteiger partial charge in [-0.25, -0.2) is 0 Å². The molecule has 2 atom stereocenters. The quantitative estimate of drug-likeness (QED) is 0.773. The molecule has 0 aromatic heterocycles. The first-order valence-corrected chi connectivity index (χ1v) is 7.01. The highest BCUT2D eigenvalue weighted by molar-refractivity contribution is 8.00. The standard InChI is InChI=1S/C13H19N3OS/c1-8(14)6-15-7-10-3-4-12-11(5-10)16-13(17)9(2)18-12/h3-5,8-9,15H,6-7,14H2,1-2H3,(H,16,17). The molecule has 0 bridgehead atoms. The maximum absolute atomic E-state index is 11.6. The van der Waals surface area contributed by atoms with Gasteiger partial charge in [-0.1, -0.05) is 6.07 Å². The second-order valence-electron chi connectivity index (χ2n) is 4.69. The zero-order chi connectivity index (χ0) is 13.1. The summed E-state index contributed by atoms with van der Waals surface area (Å²) in [5.41, 5.74) is 7.75. The van der Waals surface area contributed by atoms with Crippen LogP contribution in [0.15, 0.2) is 23.1 Å². The van der Waals surface area contributed by atoms with Gasteiger partial charge in [-0.15, -0.1) is 11.8 Å². The number of thioether (sulfide) groups is 1. The maximum atomic E-state index is 11.6. The number of hydrogen-bond acceptors (Lipinski definition) is 4. The summed E-state index contributed by atoms with van der Waals surface area (Å²) in [6.45, 7) is 5.44. The van der Waals surface area contributed by atoms with Crippen LogP contribution < -0.4 is 16.4 Å². The minimum absolute atomic E-state index is 0.0143. The van der Waals surface area contributed by atoms with E-state index in [1.165, 1.54) is 0 Å². The Hall–Kier alpha value is -1.04. The van der Waals surface area contributed by atoms with Crippen molar-refractivity contribution in [2.24, 2.45) is 5.73 Å². The molecule has 1 aromatic carbocycles. The third kappa shape index (κ3) is 3.25. The summed E-state index contributed by atoms with van der Waals surface area (Å²) >= 11 is 1.60. The van der Waals surface area contributed by atoms with E-state index in [0.717, 1.165) is 29.2 Å². The summed E-state index contributed by atoms with van der Waals surface area (Å²) in [7, 11) is 0. The van der Waals surface area contributed by atoms with Crippen LogP contribution in [0, 0.1) is 0 Å². The molecule has 1 aliphatic heterocycles. The van der Waals surface area contributed by atoms with Gasteiger partial charge in [-0.3, -0.25) is 4.79 Å². The van der Waals surface area contributed by atoms with Gasteiger partial charge in [0.25, 0.3) is 0 Å². The van der Waals surface area contributed by atoms with Gasteiger partial charge in [0.1, 0.15) is 0 Å². The van der Waals surface area contributed by atoms with E-state index in [-0.39, 0.29) is 17.2 Å². The fourth-order valence-corrected chi connectivity index (χ4v) is 2.74. The molecular formula is C13H19N3OS. The topological polar surface area (TPSA) is 67.2 Å². The Bertz CT molecular complexity index is 448. The summed E-state index contributed by atoms with van der Waals surface area (Å²) in [5, 5.41) is 6.21. The van der Waals surface area contributed by atoms with Crippen molar-refractivity contribution in [3.05, 3.63) is 23.8 Å². The predicted octanol–water partition coefficient (Wildman–Crippen LogP) is 1.56. The molecule has 0 radical (unpaired) electrons. The summed E-state index contributed by atoms with van der Waals surface area (Å²) in [6, 6.07) is 6.34. The Kier molecular flexibility index (Phi) is 4.27. The molecule has 4 N–H and O–H groups in total. The van der Waals surface area contributed by atoms with Gasteiger partial charge in [-0.05, 0) is 31.5 Å². The largest absolute Gasteiger partial charge is 0.327 e. The average molecular weight is 265 g/mol. The van der Waals surface area contributed by atoms with Gasteiger partial charge in [0.15, 0.2) is 0 Å². The lowest BCUT2D eigenvalue weighted by Gasteiger charge is -2.22. The van der Waals surface area contributed by atoms with Crippen molar-refractivity contribution >= 4 is 23.4 Å². The fraction of sp³-hybridized carbons (Fsp3) is 0.462. The van der Waals surface area contributed by atoms with E-state index < -0.39 is 0 Å². The van der Waals surface area contributed by atoms with Gasteiger partial charge in [-0.2, -0.15) is 0 Å². The molecule has 4 nitrogen and oxygen atoms in total. The van der Waals surface area contributed by atoms with E-state index in [1.807, 2.05) is 19.9 Å². The molecular weight excluding hydrogens is 246 g/mol. The van der Waals surface area contributed by atoms with Crippen molar-refractivity contribution in [1.29, 1.82) is 0 Å².